The van der Waals surface area contributed by atoms with Crippen LogP contribution in [0.4, 0.5) is 0 Å². The first kappa shape index (κ1) is 12.7. The number of rotatable bonds is 3. The predicted molar refractivity (Wildman–Crippen MR) is 85.9 cm³/mol. The molecule has 3 unspecified atom stereocenters. The highest BCUT2D eigenvalue weighted by atomic mass is 14.8. The molecule has 0 saturated heterocycles. The zero-order chi connectivity index (χ0) is 14.0. The lowest BCUT2D eigenvalue weighted by Gasteiger charge is -2.59. The lowest BCUT2D eigenvalue weighted by molar-refractivity contribution is -0.0708. The van der Waals surface area contributed by atoms with E-state index in [4.69, 9.17) is 5.73 Å². The van der Waals surface area contributed by atoms with Crippen molar-refractivity contribution in [1.82, 2.24) is 0 Å². The van der Waals surface area contributed by atoms with Crippen LogP contribution in [0.5, 0.6) is 0 Å². The molecule has 0 aromatic heterocycles. The summed E-state index contributed by atoms with van der Waals surface area (Å²) in [7, 11) is 0. The maximum Gasteiger partial charge on any atom is 0.0130 e. The van der Waals surface area contributed by atoms with Crippen molar-refractivity contribution < 1.29 is 0 Å². The third-order valence-corrected chi connectivity index (χ3v) is 7.32. The molecule has 0 aliphatic heterocycles. The summed E-state index contributed by atoms with van der Waals surface area (Å²) in [5, 5.41) is 0. The van der Waals surface area contributed by atoms with Gasteiger partial charge in [0.05, 0.1) is 0 Å². The Morgan fingerprint density at radius 3 is 2.00 bits per heavy atom. The van der Waals surface area contributed by atoms with Gasteiger partial charge in [-0.05, 0) is 85.5 Å². The van der Waals surface area contributed by atoms with E-state index >= 15 is 0 Å². The van der Waals surface area contributed by atoms with Gasteiger partial charge in [0.2, 0.25) is 0 Å². The molecule has 0 spiro atoms. The first-order valence-corrected chi connectivity index (χ1v) is 9.04. The van der Waals surface area contributed by atoms with E-state index in [1.165, 1.54) is 50.5 Å². The summed E-state index contributed by atoms with van der Waals surface area (Å²) in [4.78, 5) is 0. The Labute approximate surface area is 128 Å². The Morgan fingerprint density at radius 1 is 0.857 bits per heavy atom. The number of nitrogens with two attached hydrogens (primary N) is 1. The minimum absolute atomic E-state index is 0.469. The second-order valence-electron chi connectivity index (χ2n) is 8.72. The molecule has 5 aliphatic rings. The van der Waals surface area contributed by atoms with E-state index in [-0.39, 0.29) is 0 Å². The third kappa shape index (κ3) is 1.93. The molecule has 5 saturated carbocycles. The smallest absolute Gasteiger partial charge is 0.0130 e. The summed E-state index contributed by atoms with van der Waals surface area (Å²) in [6, 6.07) is 11.6. The van der Waals surface area contributed by atoms with Gasteiger partial charge in [-0.25, -0.2) is 0 Å². The quantitative estimate of drug-likeness (QED) is 0.876. The molecule has 6 rings (SSSR count). The predicted octanol–water partition coefficient (Wildman–Crippen LogP) is 4.33. The highest BCUT2D eigenvalue weighted by molar-refractivity contribution is 5.27. The molecule has 0 amide bonds. The topological polar surface area (TPSA) is 26.0 Å². The lowest BCUT2D eigenvalue weighted by Crippen LogP contribution is -2.55. The van der Waals surface area contributed by atoms with Crippen molar-refractivity contribution in [2.45, 2.75) is 56.9 Å². The van der Waals surface area contributed by atoms with Crippen LogP contribution in [0.25, 0.3) is 0 Å². The van der Waals surface area contributed by atoms with Crippen molar-refractivity contribution in [2.75, 3.05) is 0 Å². The van der Waals surface area contributed by atoms with Crippen molar-refractivity contribution in [1.29, 1.82) is 0 Å². The van der Waals surface area contributed by atoms with Gasteiger partial charge in [-0.3, -0.25) is 0 Å². The van der Waals surface area contributed by atoms with E-state index in [1.54, 1.807) is 0 Å². The van der Waals surface area contributed by atoms with Crippen LogP contribution in [-0.2, 0) is 0 Å². The maximum absolute atomic E-state index is 6.91. The molecule has 1 aromatic rings. The van der Waals surface area contributed by atoms with Crippen LogP contribution in [0.1, 0.15) is 56.4 Å². The Balaban J connectivity index is 1.37. The van der Waals surface area contributed by atoms with Crippen LogP contribution in [0, 0.1) is 29.1 Å². The van der Waals surface area contributed by atoms with Crippen molar-refractivity contribution in [2.24, 2.45) is 34.8 Å². The van der Waals surface area contributed by atoms with E-state index in [9.17, 15) is 0 Å². The van der Waals surface area contributed by atoms with Gasteiger partial charge in [-0.1, -0.05) is 30.3 Å². The van der Waals surface area contributed by atoms with Gasteiger partial charge in [0.15, 0.2) is 0 Å². The average Bonchev–Trinajstić information content (AvgIpc) is 3.26. The van der Waals surface area contributed by atoms with E-state index < -0.39 is 0 Å². The molecule has 4 bridgehead atoms. The fourth-order valence-electron chi connectivity index (χ4n) is 6.74. The second-order valence-corrected chi connectivity index (χ2v) is 8.72. The van der Waals surface area contributed by atoms with E-state index in [0.29, 0.717) is 11.5 Å². The highest BCUT2D eigenvalue weighted by Crippen LogP contribution is 2.64. The maximum atomic E-state index is 6.91. The zero-order valence-corrected chi connectivity index (χ0v) is 12.9. The molecule has 1 aromatic carbocycles. The SMILES string of the molecule is NC(C1CC1c1ccccc1)C12CC3CC(CC(C3)C1)C2. The Bertz CT molecular complexity index is 499. The van der Waals surface area contributed by atoms with Crippen LogP contribution < -0.4 is 5.73 Å². The average molecular weight is 281 g/mol. The highest BCUT2D eigenvalue weighted by Gasteiger charge is 2.58. The minimum Gasteiger partial charge on any atom is -0.327 e. The van der Waals surface area contributed by atoms with Gasteiger partial charge in [0.25, 0.3) is 0 Å². The van der Waals surface area contributed by atoms with Crippen LogP contribution in [0.3, 0.4) is 0 Å². The summed E-state index contributed by atoms with van der Waals surface area (Å²) in [6.45, 7) is 0. The van der Waals surface area contributed by atoms with Gasteiger partial charge in [0.1, 0.15) is 0 Å². The van der Waals surface area contributed by atoms with Crippen molar-refractivity contribution in [3.05, 3.63) is 35.9 Å². The summed E-state index contributed by atoms with van der Waals surface area (Å²) >= 11 is 0. The normalized spacial score (nSPS) is 48.3. The summed E-state index contributed by atoms with van der Waals surface area (Å²) in [5.41, 5.74) is 8.97. The van der Waals surface area contributed by atoms with Gasteiger partial charge in [-0.15, -0.1) is 0 Å². The van der Waals surface area contributed by atoms with Crippen LogP contribution in [0.2, 0.25) is 0 Å². The zero-order valence-electron chi connectivity index (χ0n) is 12.9. The van der Waals surface area contributed by atoms with Gasteiger partial charge in [0, 0.05) is 6.04 Å². The van der Waals surface area contributed by atoms with Crippen LogP contribution in [-0.4, -0.2) is 6.04 Å². The Hall–Kier alpha value is -0.820. The minimum atomic E-state index is 0.469. The largest absolute Gasteiger partial charge is 0.327 e. The van der Waals surface area contributed by atoms with Gasteiger partial charge < -0.3 is 5.73 Å². The summed E-state index contributed by atoms with van der Waals surface area (Å²) in [6.07, 6.45) is 10.3. The monoisotopic (exact) mass is 281 g/mol. The molecule has 0 heterocycles. The first-order valence-electron chi connectivity index (χ1n) is 9.04. The van der Waals surface area contributed by atoms with Crippen LogP contribution >= 0.6 is 0 Å². The fraction of sp³-hybridized carbons (Fsp3) is 0.700. The molecule has 5 aliphatic carbocycles. The molecular formula is C20H27N. The molecule has 1 nitrogen and oxygen atoms in total. The van der Waals surface area contributed by atoms with Crippen LogP contribution in [0.15, 0.2) is 30.3 Å². The number of hydrogen-bond donors (Lipinski definition) is 1. The van der Waals surface area contributed by atoms with E-state index in [2.05, 4.69) is 30.3 Å². The Kier molecular flexibility index (Phi) is 2.63. The lowest BCUT2D eigenvalue weighted by atomic mass is 9.47. The second kappa shape index (κ2) is 4.35. The van der Waals surface area contributed by atoms with Gasteiger partial charge in [-0.2, -0.15) is 0 Å². The molecule has 21 heavy (non-hydrogen) atoms. The summed E-state index contributed by atoms with van der Waals surface area (Å²) < 4.78 is 0. The molecule has 2 N–H and O–H groups in total. The van der Waals surface area contributed by atoms with Crippen molar-refractivity contribution in [3.8, 4) is 0 Å². The van der Waals surface area contributed by atoms with E-state index in [0.717, 1.165) is 29.6 Å². The van der Waals surface area contributed by atoms with Gasteiger partial charge >= 0.3 is 0 Å². The summed E-state index contributed by atoms with van der Waals surface area (Å²) in [5.74, 6) is 4.60. The molecular weight excluding hydrogens is 254 g/mol. The molecule has 3 atom stereocenters. The molecule has 112 valence electrons. The Morgan fingerprint density at radius 2 is 1.43 bits per heavy atom. The fourth-order valence-corrected chi connectivity index (χ4v) is 6.74. The molecule has 5 fully saturated rings. The first-order chi connectivity index (χ1) is 10.2. The van der Waals surface area contributed by atoms with Crippen molar-refractivity contribution in [3.63, 3.8) is 0 Å². The standard InChI is InChI=1S/C20H27N/c21-19(18-9-17(18)16-4-2-1-3-5-16)20-10-13-6-14(11-20)8-15(7-13)12-20/h1-5,13-15,17-19H,6-12,21H2. The number of hydrogen-bond acceptors (Lipinski definition) is 1. The van der Waals surface area contributed by atoms with E-state index in [1.807, 2.05) is 0 Å². The van der Waals surface area contributed by atoms with Crippen molar-refractivity contribution >= 4 is 0 Å². The molecule has 1 heteroatoms. The molecule has 0 radical (unpaired) electrons. The number of benzene rings is 1. The third-order valence-electron chi connectivity index (χ3n) is 7.32.